The molecule has 2 bridgehead atoms. The molecule has 4 aliphatic carbocycles. The van der Waals surface area contributed by atoms with Crippen molar-refractivity contribution in [2.45, 2.75) is 62.1 Å². The zero-order valence-corrected chi connectivity index (χ0v) is 17.0. The van der Waals surface area contributed by atoms with Gasteiger partial charge >= 0.3 is 0 Å². The van der Waals surface area contributed by atoms with Crippen LogP contribution in [0.3, 0.4) is 0 Å². The van der Waals surface area contributed by atoms with Crippen LogP contribution in [0.2, 0.25) is 0 Å². The second-order valence-electron chi connectivity index (χ2n) is 8.45. The van der Waals surface area contributed by atoms with Crippen LogP contribution in [0.1, 0.15) is 51.9 Å². The van der Waals surface area contributed by atoms with E-state index in [0.717, 1.165) is 25.7 Å². The van der Waals surface area contributed by atoms with Gasteiger partial charge in [-0.15, -0.1) is 23.5 Å². The summed E-state index contributed by atoms with van der Waals surface area (Å²) in [6, 6.07) is 0. The molecule has 1 heterocycles. The second kappa shape index (κ2) is 6.85. The number of hydrogen-bond acceptors (Lipinski definition) is 6. The maximum absolute atomic E-state index is 13.2. The second-order valence-corrected chi connectivity index (χ2v) is 11.5. The number of aliphatic hydroxyl groups excluding tert-OH is 1. The van der Waals surface area contributed by atoms with Crippen molar-refractivity contribution in [2.75, 3.05) is 18.1 Å². The third kappa shape index (κ3) is 2.62. The first kappa shape index (κ1) is 18.9. The van der Waals surface area contributed by atoms with Crippen LogP contribution in [0.5, 0.6) is 0 Å². The van der Waals surface area contributed by atoms with Crippen molar-refractivity contribution in [3.05, 3.63) is 11.6 Å². The van der Waals surface area contributed by atoms with Crippen molar-refractivity contribution in [3.8, 4) is 0 Å². The fraction of sp³-hybridized carbons (Fsp3) is 0.800. The van der Waals surface area contributed by atoms with Crippen LogP contribution in [0.25, 0.3) is 0 Å². The summed E-state index contributed by atoms with van der Waals surface area (Å²) in [4.78, 5) is 24.2. The Morgan fingerprint density at radius 3 is 2.69 bits per heavy atom. The Kier molecular flexibility index (Phi) is 4.98. The molecule has 6 heteroatoms. The van der Waals surface area contributed by atoms with Gasteiger partial charge in [0.1, 0.15) is 12.4 Å². The van der Waals surface area contributed by atoms with Crippen LogP contribution in [-0.4, -0.2) is 45.7 Å². The number of fused-ring (bicyclic) bond motifs is 3. The summed E-state index contributed by atoms with van der Waals surface area (Å²) >= 11 is 4.04. The maximum Gasteiger partial charge on any atom is 0.293 e. The number of aliphatic hydroxyl groups is 1. The molecular weight excluding hydrogens is 368 g/mol. The topological polar surface area (TPSA) is 63.6 Å². The summed E-state index contributed by atoms with van der Waals surface area (Å²) in [7, 11) is 0. The molecule has 0 radical (unpaired) electrons. The van der Waals surface area contributed by atoms with Gasteiger partial charge in [0, 0.05) is 11.8 Å². The summed E-state index contributed by atoms with van der Waals surface area (Å²) < 4.78 is 5.39. The van der Waals surface area contributed by atoms with Gasteiger partial charge < -0.3 is 9.84 Å². The minimum absolute atomic E-state index is 0.0967. The minimum atomic E-state index is -0.780. The Morgan fingerprint density at radius 1 is 1.31 bits per heavy atom. The third-order valence-electron chi connectivity index (χ3n) is 7.29. The van der Waals surface area contributed by atoms with E-state index in [1.54, 1.807) is 0 Å². The lowest BCUT2D eigenvalue weighted by atomic mass is 9.46. The highest BCUT2D eigenvalue weighted by molar-refractivity contribution is 8.19. The van der Waals surface area contributed by atoms with Crippen molar-refractivity contribution in [1.82, 2.24) is 0 Å². The van der Waals surface area contributed by atoms with E-state index in [0.29, 0.717) is 25.2 Å². The number of Topliss-reactive ketones (excluding diaryl/α,β-unsaturated/α-hetero) is 1. The van der Waals surface area contributed by atoms with Gasteiger partial charge in [-0.25, -0.2) is 0 Å². The SMILES string of the molecule is CC1=C[C@](COC=O)([C@]23CC[C@H](CC2=O)C[C@@H]3O)CCC12SCCCS2. The molecule has 4 fully saturated rings. The summed E-state index contributed by atoms with van der Waals surface area (Å²) in [5, 5.41) is 11.0. The van der Waals surface area contributed by atoms with E-state index >= 15 is 0 Å². The fourth-order valence-electron chi connectivity index (χ4n) is 5.95. The summed E-state index contributed by atoms with van der Waals surface area (Å²) in [5.41, 5.74) is -0.0588. The first-order valence-corrected chi connectivity index (χ1v) is 11.7. The van der Waals surface area contributed by atoms with E-state index in [1.165, 1.54) is 23.5 Å². The van der Waals surface area contributed by atoms with Crippen molar-refractivity contribution < 1.29 is 19.4 Å². The molecule has 0 amide bonds. The Hall–Kier alpha value is -0.460. The summed E-state index contributed by atoms with van der Waals surface area (Å²) in [5.74, 6) is 2.85. The van der Waals surface area contributed by atoms with Gasteiger partial charge in [0.15, 0.2) is 0 Å². The Bertz CT molecular complexity index is 627. The highest BCUT2D eigenvalue weighted by Crippen LogP contribution is 2.64. The predicted molar refractivity (Wildman–Crippen MR) is 105 cm³/mol. The van der Waals surface area contributed by atoms with Gasteiger partial charge in [-0.1, -0.05) is 11.6 Å². The first-order chi connectivity index (χ1) is 12.5. The molecule has 0 aromatic rings. The molecule has 144 valence electrons. The van der Waals surface area contributed by atoms with Crippen LogP contribution >= 0.6 is 23.5 Å². The number of carbonyl (C=O) groups is 2. The monoisotopic (exact) mass is 396 g/mol. The van der Waals surface area contributed by atoms with Gasteiger partial charge in [0.05, 0.1) is 15.6 Å². The first-order valence-electron chi connectivity index (χ1n) is 9.72. The van der Waals surface area contributed by atoms with E-state index < -0.39 is 16.9 Å². The molecule has 3 saturated carbocycles. The largest absolute Gasteiger partial charge is 0.467 e. The molecule has 26 heavy (non-hydrogen) atoms. The number of carbonyl (C=O) groups excluding carboxylic acids is 2. The average molecular weight is 397 g/mol. The summed E-state index contributed by atoms with van der Waals surface area (Å²) in [6.07, 6.45) is 7.61. The minimum Gasteiger partial charge on any atom is -0.467 e. The van der Waals surface area contributed by atoms with Gasteiger partial charge in [-0.05, 0) is 62.9 Å². The quantitative estimate of drug-likeness (QED) is 0.579. The average Bonchev–Trinajstić information content (AvgIpc) is 2.64. The van der Waals surface area contributed by atoms with Gasteiger partial charge in [0.2, 0.25) is 0 Å². The highest BCUT2D eigenvalue weighted by atomic mass is 32.2. The molecule has 1 spiro atoms. The maximum atomic E-state index is 13.2. The zero-order chi connectivity index (χ0) is 18.4. The molecule has 0 unspecified atom stereocenters. The zero-order valence-electron chi connectivity index (χ0n) is 15.4. The van der Waals surface area contributed by atoms with Crippen molar-refractivity contribution in [2.24, 2.45) is 16.7 Å². The molecule has 4 nitrogen and oxygen atoms in total. The normalized spacial score (nSPS) is 41.8. The van der Waals surface area contributed by atoms with E-state index in [4.69, 9.17) is 4.74 Å². The molecule has 1 N–H and O–H groups in total. The lowest BCUT2D eigenvalue weighted by molar-refractivity contribution is -0.179. The molecule has 0 aromatic carbocycles. The number of ether oxygens (including phenoxy) is 1. The predicted octanol–water partition coefficient (Wildman–Crippen LogP) is 3.57. The number of thioether (sulfide) groups is 2. The smallest absolute Gasteiger partial charge is 0.293 e. The molecule has 0 aromatic heterocycles. The number of ketones is 1. The molecule has 4 atom stereocenters. The van der Waals surface area contributed by atoms with E-state index in [2.05, 4.69) is 13.0 Å². The van der Waals surface area contributed by atoms with E-state index in [-0.39, 0.29) is 16.5 Å². The number of hydrogen-bond donors (Lipinski definition) is 1. The number of rotatable bonds is 4. The van der Waals surface area contributed by atoms with Crippen LogP contribution in [-0.2, 0) is 14.3 Å². The van der Waals surface area contributed by atoms with Crippen LogP contribution in [0.15, 0.2) is 11.6 Å². The van der Waals surface area contributed by atoms with Gasteiger partial charge in [-0.3, -0.25) is 9.59 Å². The fourth-order valence-corrected chi connectivity index (χ4v) is 9.27. The van der Waals surface area contributed by atoms with Gasteiger partial charge in [-0.2, -0.15) is 0 Å². The van der Waals surface area contributed by atoms with E-state index in [9.17, 15) is 14.7 Å². The van der Waals surface area contributed by atoms with Crippen LogP contribution < -0.4 is 0 Å². The molecular formula is C20H28O4S2. The molecule has 1 aliphatic heterocycles. The Labute approximate surface area is 163 Å². The lowest BCUT2D eigenvalue weighted by Gasteiger charge is -2.59. The molecule has 1 saturated heterocycles. The van der Waals surface area contributed by atoms with Crippen LogP contribution in [0.4, 0.5) is 0 Å². The van der Waals surface area contributed by atoms with Crippen LogP contribution in [0, 0.1) is 16.7 Å². The van der Waals surface area contributed by atoms with Crippen molar-refractivity contribution in [1.29, 1.82) is 0 Å². The van der Waals surface area contributed by atoms with Gasteiger partial charge in [0.25, 0.3) is 6.47 Å². The standard InChI is InChI=1S/C20H28O4S2/c1-14-11-18(12-24-13-21,5-6-20(14)25-7-2-8-26-20)19-4-3-15(9-16(19)22)10-17(19)23/h11,13,15-16,22H,2-10,12H2,1H3/t15-,16-,18+,19-/m0/s1. The molecule has 5 rings (SSSR count). The summed E-state index contributed by atoms with van der Waals surface area (Å²) in [6.45, 7) is 2.86. The van der Waals surface area contributed by atoms with E-state index in [1.807, 2.05) is 23.5 Å². The van der Waals surface area contributed by atoms with Crippen molar-refractivity contribution in [3.63, 3.8) is 0 Å². The third-order valence-corrected chi connectivity index (χ3v) is 11.0. The lowest BCUT2D eigenvalue weighted by Crippen LogP contribution is -2.63. The Morgan fingerprint density at radius 2 is 2.08 bits per heavy atom. The van der Waals surface area contributed by atoms with Crippen molar-refractivity contribution >= 4 is 35.8 Å². The Balaban J connectivity index is 1.77. The highest BCUT2D eigenvalue weighted by Gasteiger charge is 2.65. The molecule has 5 aliphatic rings.